The van der Waals surface area contributed by atoms with Gasteiger partial charge in [-0.2, -0.15) is 18.4 Å². The van der Waals surface area contributed by atoms with Crippen LogP contribution in [0.15, 0.2) is 60.7 Å². The summed E-state index contributed by atoms with van der Waals surface area (Å²) in [5, 5.41) is 21.9. The maximum atomic E-state index is 12.6. The Bertz CT molecular complexity index is 1030. The Morgan fingerprint density at radius 3 is 2.32 bits per heavy atom. The topological polar surface area (TPSA) is 90.7 Å². The molecule has 0 aliphatic heterocycles. The molecule has 2 aromatic carbocycles. The number of nitriles is 1. The number of alkyl halides is 3. The lowest BCUT2D eigenvalue weighted by Gasteiger charge is -2.09. The van der Waals surface area contributed by atoms with Crippen molar-refractivity contribution in [1.29, 1.82) is 5.26 Å². The van der Waals surface area contributed by atoms with Crippen molar-refractivity contribution in [3.05, 3.63) is 77.5 Å². The molecule has 9 heteroatoms. The number of hydrogen-bond acceptors (Lipinski definition) is 5. The summed E-state index contributed by atoms with van der Waals surface area (Å²) in [5.74, 6) is -0.244. The SMILES string of the molecule is N#Cc1cccc(NC(=O)c2ccc(Nc3ccc(C(F)(F)F)cc3)nn2)c1. The van der Waals surface area contributed by atoms with Gasteiger partial charge in [-0.05, 0) is 54.6 Å². The van der Waals surface area contributed by atoms with E-state index >= 15 is 0 Å². The normalized spacial score (nSPS) is 10.8. The second kappa shape index (κ2) is 7.75. The van der Waals surface area contributed by atoms with E-state index in [0.29, 0.717) is 16.9 Å². The number of aromatic nitrogens is 2. The lowest BCUT2D eigenvalue weighted by Crippen LogP contribution is -2.14. The van der Waals surface area contributed by atoms with Gasteiger partial charge in [0.05, 0.1) is 17.2 Å². The quantitative estimate of drug-likeness (QED) is 0.698. The van der Waals surface area contributed by atoms with Gasteiger partial charge >= 0.3 is 6.18 Å². The third kappa shape index (κ3) is 4.62. The fraction of sp³-hybridized carbons (Fsp3) is 0.0526. The molecular weight excluding hydrogens is 371 g/mol. The van der Waals surface area contributed by atoms with E-state index in [1.807, 2.05) is 6.07 Å². The lowest BCUT2D eigenvalue weighted by molar-refractivity contribution is -0.137. The average molecular weight is 383 g/mol. The van der Waals surface area contributed by atoms with E-state index in [4.69, 9.17) is 5.26 Å². The van der Waals surface area contributed by atoms with Gasteiger partial charge in [-0.25, -0.2) is 0 Å². The summed E-state index contributed by atoms with van der Waals surface area (Å²) in [6, 6.07) is 15.7. The molecule has 0 fully saturated rings. The van der Waals surface area contributed by atoms with Crippen molar-refractivity contribution in [2.75, 3.05) is 10.6 Å². The third-order valence-electron chi connectivity index (χ3n) is 3.63. The summed E-state index contributed by atoms with van der Waals surface area (Å²) in [4.78, 5) is 12.2. The van der Waals surface area contributed by atoms with E-state index < -0.39 is 17.6 Å². The molecule has 0 aliphatic carbocycles. The molecule has 2 N–H and O–H groups in total. The largest absolute Gasteiger partial charge is 0.416 e. The van der Waals surface area contributed by atoms with Crippen LogP contribution in [0.5, 0.6) is 0 Å². The van der Waals surface area contributed by atoms with Crippen molar-refractivity contribution in [1.82, 2.24) is 10.2 Å². The number of amides is 1. The van der Waals surface area contributed by atoms with Crippen molar-refractivity contribution in [3.63, 3.8) is 0 Å². The molecule has 0 atom stereocenters. The van der Waals surface area contributed by atoms with Gasteiger partial charge in [-0.1, -0.05) is 6.07 Å². The van der Waals surface area contributed by atoms with Crippen LogP contribution >= 0.6 is 0 Å². The van der Waals surface area contributed by atoms with Crippen molar-refractivity contribution >= 4 is 23.1 Å². The summed E-state index contributed by atoms with van der Waals surface area (Å²) in [6.07, 6.45) is -4.40. The van der Waals surface area contributed by atoms with E-state index in [1.54, 1.807) is 18.2 Å². The monoisotopic (exact) mass is 383 g/mol. The molecular formula is C19H12F3N5O. The Labute approximate surface area is 157 Å². The molecule has 3 aromatic rings. The summed E-state index contributed by atoms with van der Waals surface area (Å²) in [7, 11) is 0. The van der Waals surface area contributed by atoms with E-state index in [1.165, 1.54) is 30.3 Å². The first-order valence-corrected chi connectivity index (χ1v) is 7.95. The van der Waals surface area contributed by atoms with Gasteiger partial charge in [0, 0.05) is 11.4 Å². The summed E-state index contributed by atoms with van der Waals surface area (Å²) in [5.41, 5.74) is 0.530. The van der Waals surface area contributed by atoms with Gasteiger partial charge in [-0.3, -0.25) is 4.79 Å². The molecule has 0 unspecified atom stereocenters. The van der Waals surface area contributed by atoms with Crippen LogP contribution in [0.1, 0.15) is 21.6 Å². The van der Waals surface area contributed by atoms with Crippen LogP contribution in [0.3, 0.4) is 0 Å². The second-order valence-electron chi connectivity index (χ2n) is 5.65. The van der Waals surface area contributed by atoms with E-state index in [0.717, 1.165) is 12.1 Å². The van der Waals surface area contributed by atoms with Crippen molar-refractivity contribution in [3.8, 4) is 6.07 Å². The smallest absolute Gasteiger partial charge is 0.339 e. The van der Waals surface area contributed by atoms with Gasteiger partial charge in [-0.15, -0.1) is 10.2 Å². The van der Waals surface area contributed by atoms with Crippen LogP contribution in [0.2, 0.25) is 0 Å². The highest BCUT2D eigenvalue weighted by molar-refractivity contribution is 6.02. The van der Waals surface area contributed by atoms with E-state index in [9.17, 15) is 18.0 Å². The van der Waals surface area contributed by atoms with Gasteiger partial charge in [0.15, 0.2) is 11.5 Å². The number of nitrogens with one attached hydrogen (secondary N) is 2. The number of carbonyl (C=O) groups is 1. The highest BCUT2D eigenvalue weighted by atomic mass is 19.4. The molecule has 0 saturated carbocycles. The first-order valence-electron chi connectivity index (χ1n) is 7.95. The first-order chi connectivity index (χ1) is 13.3. The molecule has 1 amide bonds. The van der Waals surface area contributed by atoms with Gasteiger partial charge in [0.1, 0.15) is 0 Å². The number of hydrogen-bond donors (Lipinski definition) is 2. The number of halogens is 3. The average Bonchev–Trinajstić information content (AvgIpc) is 2.68. The van der Waals surface area contributed by atoms with Gasteiger partial charge < -0.3 is 10.6 Å². The van der Waals surface area contributed by atoms with Crippen LogP contribution in [0.4, 0.5) is 30.4 Å². The van der Waals surface area contributed by atoms with E-state index in [-0.39, 0.29) is 11.5 Å². The number of anilines is 3. The second-order valence-corrected chi connectivity index (χ2v) is 5.65. The molecule has 1 heterocycles. The van der Waals surface area contributed by atoms with Gasteiger partial charge in [0.2, 0.25) is 0 Å². The zero-order valence-electron chi connectivity index (χ0n) is 14.2. The van der Waals surface area contributed by atoms with Crippen LogP contribution < -0.4 is 10.6 Å². The fourth-order valence-electron chi connectivity index (χ4n) is 2.27. The fourth-order valence-corrected chi connectivity index (χ4v) is 2.27. The maximum absolute atomic E-state index is 12.6. The molecule has 0 spiro atoms. The number of nitrogens with zero attached hydrogens (tertiary/aromatic N) is 3. The molecule has 28 heavy (non-hydrogen) atoms. The number of carbonyl (C=O) groups excluding carboxylic acids is 1. The standard InChI is InChI=1S/C19H12F3N5O/c20-19(21,22)13-4-6-14(7-5-13)24-17-9-8-16(26-27-17)18(28)25-15-3-1-2-12(10-15)11-23/h1-10H,(H,24,27)(H,25,28). The van der Waals surface area contributed by atoms with Crippen LogP contribution in [-0.2, 0) is 6.18 Å². The molecule has 3 rings (SSSR count). The molecule has 1 aromatic heterocycles. The zero-order valence-corrected chi connectivity index (χ0v) is 14.2. The maximum Gasteiger partial charge on any atom is 0.416 e. The highest BCUT2D eigenvalue weighted by Gasteiger charge is 2.29. The van der Waals surface area contributed by atoms with Crippen molar-refractivity contribution in [2.45, 2.75) is 6.18 Å². The van der Waals surface area contributed by atoms with Crippen LogP contribution in [0.25, 0.3) is 0 Å². The number of benzene rings is 2. The minimum Gasteiger partial charge on any atom is -0.339 e. The van der Waals surface area contributed by atoms with Crippen LogP contribution in [-0.4, -0.2) is 16.1 Å². The third-order valence-corrected chi connectivity index (χ3v) is 3.63. The predicted molar refractivity (Wildman–Crippen MR) is 95.9 cm³/mol. The first kappa shape index (κ1) is 18.8. The minimum absolute atomic E-state index is 0.0420. The molecule has 140 valence electrons. The Morgan fingerprint density at radius 2 is 1.71 bits per heavy atom. The molecule has 0 radical (unpaired) electrons. The lowest BCUT2D eigenvalue weighted by atomic mass is 10.2. The molecule has 0 bridgehead atoms. The Balaban J connectivity index is 1.66. The summed E-state index contributed by atoms with van der Waals surface area (Å²) < 4.78 is 37.7. The number of rotatable bonds is 4. The van der Waals surface area contributed by atoms with Crippen molar-refractivity contribution < 1.29 is 18.0 Å². The Morgan fingerprint density at radius 1 is 0.964 bits per heavy atom. The highest BCUT2D eigenvalue weighted by Crippen LogP contribution is 2.30. The molecule has 6 nitrogen and oxygen atoms in total. The molecule has 0 aliphatic rings. The Kier molecular flexibility index (Phi) is 5.22. The predicted octanol–water partition coefficient (Wildman–Crippen LogP) is 4.36. The van der Waals surface area contributed by atoms with Gasteiger partial charge in [0.25, 0.3) is 5.91 Å². The van der Waals surface area contributed by atoms with Crippen LogP contribution in [0, 0.1) is 11.3 Å². The summed E-state index contributed by atoms with van der Waals surface area (Å²) in [6.45, 7) is 0. The molecule has 0 saturated heterocycles. The zero-order chi connectivity index (χ0) is 20.1. The summed E-state index contributed by atoms with van der Waals surface area (Å²) >= 11 is 0. The van der Waals surface area contributed by atoms with Crippen molar-refractivity contribution in [2.24, 2.45) is 0 Å². The Hall–Kier alpha value is -3.93. The minimum atomic E-state index is -4.40. The van der Waals surface area contributed by atoms with E-state index in [2.05, 4.69) is 20.8 Å².